The highest BCUT2D eigenvalue weighted by molar-refractivity contribution is 5.91. The quantitative estimate of drug-likeness (QED) is 0.766. The number of carbonyl (C=O) groups is 2. The lowest BCUT2D eigenvalue weighted by Crippen LogP contribution is -2.35. The van der Waals surface area contributed by atoms with Crippen molar-refractivity contribution in [2.24, 2.45) is 5.92 Å². The van der Waals surface area contributed by atoms with E-state index in [9.17, 15) is 9.59 Å². The van der Waals surface area contributed by atoms with Crippen molar-refractivity contribution in [3.8, 4) is 0 Å². The number of ether oxygens (including phenoxy) is 1. The molecule has 0 bridgehead atoms. The van der Waals surface area contributed by atoms with E-state index in [1.54, 1.807) is 12.1 Å². The summed E-state index contributed by atoms with van der Waals surface area (Å²) in [5.74, 6) is -0.188. The molecule has 1 heterocycles. The van der Waals surface area contributed by atoms with Gasteiger partial charge >= 0.3 is 5.97 Å². The second kappa shape index (κ2) is 9.13. The number of aromatic nitrogens is 1. The Bertz CT molecular complexity index is 725. The van der Waals surface area contributed by atoms with E-state index in [0.29, 0.717) is 11.5 Å². The van der Waals surface area contributed by atoms with Gasteiger partial charge in [0.05, 0.1) is 11.6 Å². The van der Waals surface area contributed by atoms with Gasteiger partial charge in [0.15, 0.2) is 6.61 Å². The SMILES string of the molecule is CC(C)c1ccc([C@@H](NC(=O)COC(=O)c2ccncc2)C(C)C)cc1. The van der Waals surface area contributed by atoms with E-state index >= 15 is 0 Å². The van der Waals surface area contributed by atoms with Gasteiger partial charge < -0.3 is 10.1 Å². The van der Waals surface area contributed by atoms with Gasteiger partial charge in [-0.3, -0.25) is 9.78 Å². The molecule has 5 heteroatoms. The predicted octanol–water partition coefficient (Wildman–Crippen LogP) is 3.88. The molecule has 1 N–H and O–H groups in total. The van der Waals surface area contributed by atoms with Gasteiger partial charge in [0.1, 0.15) is 0 Å². The molecule has 26 heavy (non-hydrogen) atoms. The molecule has 2 aromatic rings. The number of esters is 1. The van der Waals surface area contributed by atoms with E-state index in [2.05, 4.69) is 36.3 Å². The minimum Gasteiger partial charge on any atom is -0.452 e. The van der Waals surface area contributed by atoms with Crippen molar-refractivity contribution < 1.29 is 14.3 Å². The highest BCUT2D eigenvalue weighted by Gasteiger charge is 2.19. The van der Waals surface area contributed by atoms with Crippen molar-refractivity contribution in [2.75, 3.05) is 6.61 Å². The van der Waals surface area contributed by atoms with Crippen LogP contribution in [0.5, 0.6) is 0 Å². The van der Waals surface area contributed by atoms with Crippen LogP contribution >= 0.6 is 0 Å². The number of hydrogen-bond acceptors (Lipinski definition) is 4. The van der Waals surface area contributed by atoms with Crippen molar-refractivity contribution in [2.45, 2.75) is 39.7 Å². The van der Waals surface area contributed by atoms with Crippen molar-refractivity contribution >= 4 is 11.9 Å². The molecule has 0 unspecified atom stereocenters. The number of nitrogens with one attached hydrogen (secondary N) is 1. The first-order valence-corrected chi connectivity index (χ1v) is 8.85. The van der Waals surface area contributed by atoms with Crippen LogP contribution in [-0.2, 0) is 9.53 Å². The Morgan fingerprint density at radius 3 is 2.08 bits per heavy atom. The summed E-state index contributed by atoms with van der Waals surface area (Å²) >= 11 is 0. The summed E-state index contributed by atoms with van der Waals surface area (Å²) in [7, 11) is 0. The first-order chi connectivity index (χ1) is 12.4. The van der Waals surface area contributed by atoms with Gasteiger partial charge in [-0.2, -0.15) is 0 Å². The molecular weight excluding hydrogens is 328 g/mol. The lowest BCUT2D eigenvalue weighted by Gasteiger charge is -2.23. The highest BCUT2D eigenvalue weighted by atomic mass is 16.5. The smallest absolute Gasteiger partial charge is 0.338 e. The summed E-state index contributed by atoms with van der Waals surface area (Å²) in [5, 5.41) is 2.96. The van der Waals surface area contributed by atoms with Gasteiger partial charge in [0, 0.05) is 12.4 Å². The molecule has 0 saturated carbocycles. The second-order valence-corrected chi connectivity index (χ2v) is 6.92. The number of nitrogens with zero attached hydrogens (tertiary/aromatic N) is 1. The lowest BCUT2D eigenvalue weighted by atomic mass is 9.93. The van der Waals surface area contributed by atoms with E-state index < -0.39 is 5.97 Å². The normalized spacial score (nSPS) is 12.1. The Hall–Kier alpha value is -2.69. The minimum atomic E-state index is -0.537. The highest BCUT2D eigenvalue weighted by Crippen LogP contribution is 2.24. The van der Waals surface area contributed by atoms with Crippen LogP contribution in [0.2, 0.25) is 0 Å². The van der Waals surface area contributed by atoms with Gasteiger partial charge in [-0.1, -0.05) is 52.0 Å². The summed E-state index contributed by atoms with van der Waals surface area (Å²) in [6, 6.07) is 11.2. The zero-order valence-corrected chi connectivity index (χ0v) is 15.7. The predicted molar refractivity (Wildman–Crippen MR) is 101 cm³/mol. The molecule has 1 aromatic carbocycles. The summed E-state index contributed by atoms with van der Waals surface area (Å²) in [6.45, 7) is 8.07. The molecule has 0 aliphatic heterocycles. The molecule has 0 fully saturated rings. The van der Waals surface area contributed by atoms with Gasteiger partial charge in [0.2, 0.25) is 0 Å². The molecule has 0 spiro atoms. The first kappa shape index (κ1) is 19.6. The van der Waals surface area contributed by atoms with Crippen LogP contribution in [0.25, 0.3) is 0 Å². The fourth-order valence-corrected chi connectivity index (χ4v) is 2.64. The summed E-state index contributed by atoms with van der Waals surface area (Å²) in [5.41, 5.74) is 2.67. The molecular formula is C21H26N2O3. The van der Waals surface area contributed by atoms with E-state index in [1.165, 1.54) is 18.0 Å². The summed E-state index contributed by atoms with van der Waals surface area (Å²) in [4.78, 5) is 28.0. The molecule has 5 nitrogen and oxygen atoms in total. The van der Waals surface area contributed by atoms with Crippen LogP contribution in [0.3, 0.4) is 0 Å². The number of carbonyl (C=O) groups excluding carboxylic acids is 2. The van der Waals surface area contributed by atoms with Gasteiger partial charge in [-0.25, -0.2) is 4.79 Å². The third-order valence-corrected chi connectivity index (χ3v) is 4.20. The van der Waals surface area contributed by atoms with Crippen LogP contribution in [0.4, 0.5) is 0 Å². The summed E-state index contributed by atoms with van der Waals surface area (Å²) < 4.78 is 5.08. The van der Waals surface area contributed by atoms with Crippen LogP contribution < -0.4 is 5.32 Å². The van der Waals surface area contributed by atoms with Crippen LogP contribution in [0.15, 0.2) is 48.8 Å². The largest absolute Gasteiger partial charge is 0.452 e. The topological polar surface area (TPSA) is 68.3 Å². The van der Waals surface area contributed by atoms with E-state index in [4.69, 9.17) is 4.74 Å². The number of pyridine rings is 1. The fraction of sp³-hybridized carbons (Fsp3) is 0.381. The third-order valence-electron chi connectivity index (χ3n) is 4.20. The van der Waals surface area contributed by atoms with E-state index in [0.717, 1.165) is 5.56 Å². The fourth-order valence-electron chi connectivity index (χ4n) is 2.64. The number of hydrogen-bond donors (Lipinski definition) is 1. The van der Waals surface area contributed by atoms with Crippen molar-refractivity contribution in [1.29, 1.82) is 0 Å². The average Bonchev–Trinajstić information content (AvgIpc) is 2.64. The monoisotopic (exact) mass is 354 g/mol. The van der Waals surface area contributed by atoms with Gasteiger partial charge in [0.25, 0.3) is 5.91 Å². The number of rotatable bonds is 7. The van der Waals surface area contributed by atoms with Crippen molar-refractivity contribution in [3.05, 3.63) is 65.5 Å². The zero-order valence-electron chi connectivity index (χ0n) is 15.7. The molecule has 1 amide bonds. The molecule has 2 rings (SSSR count). The van der Waals surface area contributed by atoms with Crippen molar-refractivity contribution in [1.82, 2.24) is 10.3 Å². The molecule has 0 aliphatic rings. The Kier molecular flexibility index (Phi) is 6.89. The summed E-state index contributed by atoms with van der Waals surface area (Å²) in [6.07, 6.45) is 3.01. The maximum Gasteiger partial charge on any atom is 0.338 e. The molecule has 0 saturated heterocycles. The van der Waals surface area contributed by atoms with Crippen LogP contribution in [-0.4, -0.2) is 23.5 Å². The lowest BCUT2D eigenvalue weighted by molar-refractivity contribution is -0.125. The first-order valence-electron chi connectivity index (χ1n) is 8.85. The molecule has 138 valence electrons. The molecule has 1 atom stereocenters. The zero-order chi connectivity index (χ0) is 19.1. The Balaban J connectivity index is 1.96. The number of amides is 1. The molecule has 0 aliphatic carbocycles. The average molecular weight is 354 g/mol. The molecule has 0 radical (unpaired) electrons. The number of benzene rings is 1. The van der Waals surface area contributed by atoms with E-state index in [-0.39, 0.29) is 24.5 Å². The van der Waals surface area contributed by atoms with Crippen LogP contribution in [0, 0.1) is 5.92 Å². The van der Waals surface area contributed by atoms with Crippen LogP contribution in [0.1, 0.15) is 61.1 Å². The van der Waals surface area contributed by atoms with Gasteiger partial charge in [-0.05, 0) is 35.1 Å². The Labute approximate surface area is 154 Å². The maximum absolute atomic E-state index is 12.2. The third kappa shape index (κ3) is 5.41. The van der Waals surface area contributed by atoms with Crippen molar-refractivity contribution in [3.63, 3.8) is 0 Å². The molecule has 1 aromatic heterocycles. The second-order valence-electron chi connectivity index (χ2n) is 6.92. The standard InChI is InChI=1S/C21H26N2O3/c1-14(2)16-5-7-17(8-6-16)20(15(3)4)23-19(24)13-26-21(25)18-9-11-22-12-10-18/h5-12,14-15,20H,13H2,1-4H3,(H,23,24)/t20-/m0/s1. The minimum absolute atomic E-state index is 0.136. The Morgan fingerprint density at radius 2 is 1.54 bits per heavy atom. The maximum atomic E-state index is 12.2. The van der Waals surface area contributed by atoms with E-state index in [1.807, 2.05) is 26.0 Å². The Morgan fingerprint density at radius 1 is 0.962 bits per heavy atom. The van der Waals surface area contributed by atoms with Gasteiger partial charge in [-0.15, -0.1) is 0 Å².